The fourth-order valence-corrected chi connectivity index (χ4v) is 2.99. The normalized spacial score (nSPS) is 20.3. The minimum Gasteiger partial charge on any atom is -0.485 e. The van der Waals surface area contributed by atoms with Gasteiger partial charge in [-0.15, -0.1) is 0 Å². The number of nitrogens with one attached hydrogen (secondary N) is 1. The molecule has 0 bridgehead atoms. The van der Waals surface area contributed by atoms with Gasteiger partial charge < -0.3 is 10.1 Å². The maximum atomic E-state index is 13.9. The lowest BCUT2D eigenvalue weighted by Crippen LogP contribution is -2.33. The van der Waals surface area contributed by atoms with Gasteiger partial charge in [0.2, 0.25) is 0 Å². The molecule has 1 aliphatic carbocycles. The van der Waals surface area contributed by atoms with Crippen LogP contribution in [0.4, 0.5) is 4.39 Å². The molecule has 0 heterocycles. The van der Waals surface area contributed by atoms with Gasteiger partial charge in [-0.3, -0.25) is 0 Å². The highest BCUT2D eigenvalue weighted by Gasteiger charge is 2.33. The third-order valence-corrected chi connectivity index (χ3v) is 3.97. The Bertz CT molecular complexity index is 641. The van der Waals surface area contributed by atoms with Gasteiger partial charge in [-0.25, -0.2) is 4.39 Å². The number of ether oxygens (including phenoxy) is 1. The molecule has 0 radical (unpaired) electrons. The fraction of sp³-hybridized carbons (Fsp3) is 0.333. The van der Waals surface area contributed by atoms with Crippen LogP contribution in [0.1, 0.15) is 29.7 Å². The van der Waals surface area contributed by atoms with Crippen molar-refractivity contribution in [1.82, 2.24) is 5.32 Å². The molecule has 0 aromatic heterocycles. The molecule has 0 spiro atoms. The van der Waals surface area contributed by atoms with Crippen molar-refractivity contribution in [1.29, 1.82) is 0 Å². The van der Waals surface area contributed by atoms with E-state index in [2.05, 4.69) is 24.4 Å². The molecular formula is C18H20FNO. The zero-order valence-electron chi connectivity index (χ0n) is 12.4. The van der Waals surface area contributed by atoms with Gasteiger partial charge in [0.1, 0.15) is 6.10 Å². The summed E-state index contributed by atoms with van der Waals surface area (Å²) in [5, 5.41) is 3.46. The van der Waals surface area contributed by atoms with Crippen LogP contribution in [-0.4, -0.2) is 12.6 Å². The Morgan fingerprint density at radius 2 is 2.05 bits per heavy atom. The van der Waals surface area contributed by atoms with E-state index in [-0.39, 0.29) is 18.0 Å². The minimum absolute atomic E-state index is 0.0707. The lowest BCUT2D eigenvalue weighted by molar-refractivity contribution is 0.161. The summed E-state index contributed by atoms with van der Waals surface area (Å²) in [6, 6.07) is 13.4. The molecule has 2 aromatic rings. The van der Waals surface area contributed by atoms with Crippen molar-refractivity contribution in [3.8, 4) is 5.75 Å². The number of fused-ring (bicyclic) bond motifs is 1. The van der Waals surface area contributed by atoms with Crippen LogP contribution in [0.3, 0.4) is 0 Å². The van der Waals surface area contributed by atoms with Gasteiger partial charge in [0, 0.05) is 6.42 Å². The first-order valence-corrected chi connectivity index (χ1v) is 7.43. The molecule has 21 heavy (non-hydrogen) atoms. The lowest BCUT2D eigenvalue weighted by atomic mass is 10.1. The Balaban J connectivity index is 1.87. The van der Waals surface area contributed by atoms with E-state index in [4.69, 9.17) is 4.74 Å². The Morgan fingerprint density at radius 1 is 1.24 bits per heavy atom. The number of benzene rings is 2. The number of hydrogen-bond donors (Lipinski definition) is 1. The molecule has 2 aromatic carbocycles. The first kappa shape index (κ1) is 14.1. The first-order valence-electron chi connectivity index (χ1n) is 7.43. The van der Waals surface area contributed by atoms with E-state index in [1.54, 1.807) is 12.1 Å². The number of hydrogen-bond acceptors (Lipinski definition) is 2. The first-order chi connectivity index (χ1) is 10.2. The summed E-state index contributed by atoms with van der Waals surface area (Å²) in [6.45, 7) is 4.87. The second-order valence-corrected chi connectivity index (χ2v) is 5.53. The summed E-state index contributed by atoms with van der Waals surface area (Å²) in [6.07, 6.45) is 0.736. The molecule has 0 saturated carbocycles. The lowest BCUT2D eigenvalue weighted by Gasteiger charge is -2.23. The molecule has 0 amide bonds. The third-order valence-electron chi connectivity index (χ3n) is 3.97. The summed E-state index contributed by atoms with van der Waals surface area (Å²) in [7, 11) is 0. The largest absolute Gasteiger partial charge is 0.485 e. The predicted octanol–water partition coefficient (Wildman–Crippen LogP) is 3.79. The molecule has 2 atom stereocenters. The van der Waals surface area contributed by atoms with Gasteiger partial charge >= 0.3 is 0 Å². The molecule has 0 fully saturated rings. The monoisotopic (exact) mass is 285 g/mol. The Kier molecular flexibility index (Phi) is 3.93. The van der Waals surface area contributed by atoms with Crippen molar-refractivity contribution in [3.05, 3.63) is 65.0 Å². The van der Waals surface area contributed by atoms with E-state index in [1.165, 1.54) is 17.2 Å². The van der Waals surface area contributed by atoms with Crippen LogP contribution < -0.4 is 10.1 Å². The summed E-state index contributed by atoms with van der Waals surface area (Å²) in [5.41, 5.74) is 3.54. The smallest absolute Gasteiger partial charge is 0.165 e. The predicted molar refractivity (Wildman–Crippen MR) is 82.1 cm³/mol. The Labute approximate surface area is 125 Å². The molecular weight excluding hydrogens is 265 g/mol. The zero-order valence-corrected chi connectivity index (χ0v) is 12.4. The Hall–Kier alpha value is -1.87. The van der Waals surface area contributed by atoms with Crippen LogP contribution in [0.15, 0.2) is 42.5 Å². The summed E-state index contributed by atoms with van der Waals surface area (Å²) in [4.78, 5) is 0. The number of aryl methyl sites for hydroxylation is 1. The molecule has 1 N–H and O–H groups in total. The topological polar surface area (TPSA) is 21.3 Å². The number of rotatable bonds is 4. The highest BCUT2D eigenvalue weighted by molar-refractivity contribution is 5.38. The highest BCUT2D eigenvalue weighted by atomic mass is 19.1. The van der Waals surface area contributed by atoms with Crippen molar-refractivity contribution in [2.24, 2.45) is 0 Å². The van der Waals surface area contributed by atoms with Gasteiger partial charge in [-0.05, 0) is 42.3 Å². The van der Waals surface area contributed by atoms with Gasteiger partial charge in [-0.2, -0.15) is 0 Å². The molecule has 0 aliphatic heterocycles. The van der Waals surface area contributed by atoms with E-state index in [0.717, 1.165) is 18.5 Å². The fourth-order valence-electron chi connectivity index (χ4n) is 2.99. The molecule has 110 valence electrons. The summed E-state index contributed by atoms with van der Waals surface area (Å²) >= 11 is 0. The van der Waals surface area contributed by atoms with Crippen molar-refractivity contribution >= 4 is 0 Å². The van der Waals surface area contributed by atoms with Crippen LogP contribution in [0.5, 0.6) is 5.75 Å². The van der Waals surface area contributed by atoms with Crippen molar-refractivity contribution in [2.45, 2.75) is 32.4 Å². The van der Waals surface area contributed by atoms with E-state index >= 15 is 0 Å². The van der Waals surface area contributed by atoms with Crippen LogP contribution in [0.2, 0.25) is 0 Å². The standard InChI is InChI=1S/C18H20FNO/c1-3-20-18-14-7-5-4-6-13(14)11-17(18)21-16-10-12(2)8-9-15(16)19/h4-10,17-18,20H,3,11H2,1-2H3. The maximum absolute atomic E-state index is 13.9. The average Bonchev–Trinajstić information content (AvgIpc) is 2.81. The van der Waals surface area contributed by atoms with Crippen LogP contribution >= 0.6 is 0 Å². The Morgan fingerprint density at radius 3 is 2.86 bits per heavy atom. The number of likely N-dealkylation sites (N-methyl/N-ethyl adjacent to an activating group) is 1. The van der Waals surface area contributed by atoms with Crippen LogP contribution in [-0.2, 0) is 6.42 Å². The maximum Gasteiger partial charge on any atom is 0.165 e. The molecule has 2 nitrogen and oxygen atoms in total. The molecule has 3 rings (SSSR count). The molecule has 1 aliphatic rings. The van der Waals surface area contributed by atoms with Gasteiger partial charge in [0.05, 0.1) is 6.04 Å². The third kappa shape index (κ3) is 2.79. The minimum atomic E-state index is -0.299. The van der Waals surface area contributed by atoms with E-state index in [1.807, 2.05) is 19.1 Å². The molecule has 0 saturated heterocycles. The SMILES string of the molecule is CCNC1c2ccccc2CC1Oc1cc(C)ccc1F. The van der Waals surface area contributed by atoms with Gasteiger partial charge in [0.15, 0.2) is 11.6 Å². The quantitative estimate of drug-likeness (QED) is 0.923. The molecule has 3 heteroatoms. The van der Waals surface area contributed by atoms with E-state index < -0.39 is 0 Å². The van der Waals surface area contributed by atoms with E-state index in [0.29, 0.717) is 5.75 Å². The highest BCUT2D eigenvalue weighted by Crippen LogP contribution is 2.34. The second-order valence-electron chi connectivity index (χ2n) is 5.53. The molecule has 2 unspecified atom stereocenters. The van der Waals surface area contributed by atoms with Gasteiger partial charge in [0.25, 0.3) is 0 Å². The van der Waals surface area contributed by atoms with Crippen molar-refractivity contribution in [2.75, 3.05) is 6.54 Å². The second kappa shape index (κ2) is 5.86. The van der Waals surface area contributed by atoms with Crippen molar-refractivity contribution in [3.63, 3.8) is 0 Å². The van der Waals surface area contributed by atoms with Crippen LogP contribution in [0.25, 0.3) is 0 Å². The van der Waals surface area contributed by atoms with Crippen LogP contribution in [0, 0.1) is 12.7 Å². The van der Waals surface area contributed by atoms with E-state index in [9.17, 15) is 4.39 Å². The summed E-state index contributed by atoms with van der Waals surface area (Å²) in [5.74, 6) is 0.0440. The van der Waals surface area contributed by atoms with Crippen molar-refractivity contribution < 1.29 is 9.13 Å². The number of halogens is 1. The summed E-state index contributed by atoms with van der Waals surface area (Å²) < 4.78 is 19.9. The average molecular weight is 285 g/mol. The zero-order chi connectivity index (χ0) is 14.8. The van der Waals surface area contributed by atoms with Gasteiger partial charge in [-0.1, -0.05) is 37.3 Å².